The summed E-state index contributed by atoms with van der Waals surface area (Å²) in [5.41, 5.74) is 3.97. The van der Waals surface area contributed by atoms with Crippen LogP contribution in [0.3, 0.4) is 0 Å². The van der Waals surface area contributed by atoms with Crippen LogP contribution in [0.5, 0.6) is 5.75 Å². The summed E-state index contributed by atoms with van der Waals surface area (Å²) in [5.74, 6) is -1.96. The van der Waals surface area contributed by atoms with Crippen molar-refractivity contribution in [3.63, 3.8) is 0 Å². The molecule has 178 valence electrons. The lowest BCUT2D eigenvalue weighted by Gasteiger charge is -2.41. The fourth-order valence-corrected chi connectivity index (χ4v) is 4.63. The molecule has 1 atom stereocenters. The minimum Gasteiger partial charge on any atom is -0.502 e. The van der Waals surface area contributed by atoms with Gasteiger partial charge in [-0.05, 0) is 24.6 Å². The minimum absolute atomic E-state index is 0.0179. The molecule has 2 aliphatic heterocycles. The maximum Gasteiger partial charge on any atom is 0.278 e. The van der Waals surface area contributed by atoms with Crippen LogP contribution in [0.1, 0.15) is 21.6 Å². The van der Waals surface area contributed by atoms with Crippen LogP contribution in [0.15, 0.2) is 64.4 Å². The van der Waals surface area contributed by atoms with Crippen LogP contribution in [0.4, 0.5) is 8.78 Å². The fraction of sp³-hybridized carbons (Fsp3) is 0.250. The van der Waals surface area contributed by atoms with Gasteiger partial charge in [-0.1, -0.05) is 30.3 Å². The number of benzene rings is 2. The Morgan fingerprint density at radius 2 is 1.94 bits per heavy atom. The second-order valence-electron chi connectivity index (χ2n) is 7.73. The van der Waals surface area contributed by atoms with E-state index in [0.717, 1.165) is 16.5 Å². The molecule has 3 heterocycles. The van der Waals surface area contributed by atoms with E-state index in [1.165, 1.54) is 34.8 Å². The molecule has 1 saturated heterocycles. The number of morpholine rings is 1. The topological polar surface area (TPSA) is 83.8 Å². The average molecular weight is 488 g/mol. The summed E-state index contributed by atoms with van der Waals surface area (Å²) in [5, 5.41) is 9.65. The number of halogens is 2. The fourth-order valence-electron chi connectivity index (χ4n) is 3.62. The molecule has 10 heteroatoms. The first-order valence-corrected chi connectivity index (χ1v) is 11.6. The molecule has 1 aromatic heterocycles. The summed E-state index contributed by atoms with van der Waals surface area (Å²) < 4.78 is 33.0. The smallest absolute Gasteiger partial charge is 0.278 e. The third kappa shape index (κ3) is 4.92. The van der Waals surface area contributed by atoms with Gasteiger partial charge in [0.05, 0.1) is 13.2 Å². The van der Waals surface area contributed by atoms with Gasteiger partial charge >= 0.3 is 0 Å². The molecule has 34 heavy (non-hydrogen) atoms. The van der Waals surface area contributed by atoms with Gasteiger partial charge in [-0.15, -0.1) is 11.8 Å². The number of nitrogens with zero attached hydrogens (tertiary/aromatic N) is 2. The van der Waals surface area contributed by atoms with E-state index in [2.05, 4.69) is 5.43 Å². The Labute approximate surface area is 198 Å². The summed E-state index contributed by atoms with van der Waals surface area (Å²) in [7, 11) is 0. The number of thioether (sulfide) groups is 1. The number of carbonyl (C=O) groups is 1. The quantitative estimate of drug-likeness (QED) is 0.551. The molecule has 0 aliphatic carbocycles. The van der Waals surface area contributed by atoms with Crippen molar-refractivity contribution in [3.05, 3.63) is 93.4 Å². The van der Waals surface area contributed by atoms with E-state index in [4.69, 9.17) is 4.74 Å². The van der Waals surface area contributed by atoms with Crippen LogP contribution in [-0.4, -0.2) is 46.5 Å². The van der Waals surface area contributed by atoms with Crippen LogP contribution in [0, 0.1) is 18.6 Å². The van der Waals surface area contributed by atoms with Gasteiger partial charge in [-0.2, -0.15) is 0 Å². The van der Waals surface area contributed by atoms with Crippen molar-refractivity contribution in [1.82, 2.24) is 9.58 Å². The third-order valence-electron chi connectivity index (χ3n) is 5.46. The van der Waals surface area contributed by atoms with Gasteiger partial charge in [0.15, 0.2) is 23.1 Å². The second kappa shape index (κ2) is 10.3. The van der Waals surface area contributed by atoms with E-state index in [1.807, 2.05) is 31.2 Å². The molecule has 2 aliphatic rings. The molecule has 7 nitrogen and oxygen atoms in total. The Balaban J connectivity index is 0.000000161. The highest BCUT2D eigenvalue weighted by atomic mass is 32.2. The molecule has 5 rings (SSSR count). The largest absolute Gasteiger partial charge is 0.502 e. The highest BCUT2D eigenvalue weighted by molar-refractivity contribution is 7.98. The SMILES string of the molecule is Cc1ccccc1SCc1cccc(F)c1F.O=C1c2c(O)c(=O)ccn2NC2COCCN12. The van der Waals surface area contributed by atoms with Gasteiger partial charge in [0.1, 0.15) is 6.17 Å². The van der Waals surface area contributed by atoms with Crippen LogP contribution >= 0.6 is 11.8 Å². The normalized spacial score (nSPS) is 16.6. The number of pyridine rings is 1. The molecular weight excluding hydrogens is 464 g/mol. The Bertz CT molecular complexity index is 1270. The van der Waals surface area contributed by atoms with E-state index in [9.17, 15) is 23.5 Å². The first kappa shape index (κ1) is 23.8. The zero-order valence-electron chi connectivity index (χ0n) is 18.3. The molecule has 1 fully saturated rings. The first-order chi connectivity index (χ1) is 16.4. The number of fused-ring (bicyclic) bond motifs is 2. The molecular formula is C24H23F2N3O4S. The Hall–Kier alpha value is -3.37. The van der Waals surface area contributed by atoms with Crippen molar-refractivity contribution < 1.29 is 23.4 Å². The van der Waals surface area contributed by atoms with E-state index in [1.54, 1.807) is 11.0 Å². The third-order valence-corrected chi connectivity index (χ3v) is 6.69. The van der Waals surface area contributed by atoms with Crippen molar-refractivity contribution in [1.29, 1.82) is 0 Å². The Morgan fingerprint density at radius 3 is 2.74 bits per heavy atom. The second-order valence-corrected chi connectivity index (χ2v) is 8.75. The highest BCUT2D eigenvalue weighted by Gasteiger charge is 2.36. The van der Waals surface area contributed by atoms with Gasteiger partial charge in [-0.25, -0.2) is 8.78 Å². The predicted molar refractivity (Wildman–Crippen MR) is 124 cm³/mol. The maximum atomic E-state index is 13.4. The summed E-state index contributed by atoms with van der Waals surface area (Å²) in [6.45, 7) is 3.29. The summed E-state index contributed by atoms with van der Waals surface area (Å²) in [6.07, 6.45) is 1.17. The van der Waals surface area contributed by atoms with E-state index in [-0.39, 0.29) is 17.8 Å². The number of aryl methyl sites for hydroxylation is 1. The molecule has 0 saturated carbocycles. The van der Waals surface area contributed by atoms with Crippen molar-refractivity contribution in [2.24, 2.45) is 0 Å². The summed E-state index contributed by atoms with van der Waals surface area (Å²) >= 11 is 1.52. The molecule has 1 amide bonds. The van der Waals surface area contributed by atoms with Gasteiger partial charge < -0.3 is 20.2 Å². The van der Waals surface area contributed by atoms with Gasteiger partial charge in [0.2, 0.25) is 5.43 Å². The van der Waals surface area contributed by atoms with Crippen molar-refractivity contribution in [2.45, 2.75) is 23.7 Å². The Kier molecular flexibility index (Phi) is 7.18. The molecule has 0 bridgehead atoms. The standard InChI is InChI=1S/C14H12F2S.C10H11N3O4/c1-10-5-2-3-8-13(10)17-9-11-6-4-7-12(15)14(11)16;14-6-1-2-13-8(9(6)15)10(16)12-3-4-17-5-7(12)11-13/h2-8H,9H2,1H3;1-2,7,11,15H,3-5H2. The minimum atomic E-state index is -0.784. The van der Waals surface area contributed by atoms with Crippen molar-refractivity contribution in [3.8, 4) is 5.75 Å². The molecule has 2 N–H and O–H groups in total. The monoisotopic (exact) mass is 487 g/mol. The molecule has 1 unspecified atom stereocenters. The molecule has 3 aromatic rings. The number of aromatic nitrogens is 1. The zero-order valence-corrected chi connectivity index (χ0v) is 19.1. The van der Waals surface area contributed by atoms with Gasteiger partial charge in [0.25, 0.3) is 5.91 Å². The van der Waals surface area contributed by atoms with Gasteiger partial charge in [-0.3, -0.25) is 14.3 Å². The first-order valence-electron chi connectivity index (χ1n) is 10.6. The lowest BCUT2D eigenvalue weighted by Crippen LogP contribution is -2.59. The van der Waals surface area contributed by atoms with Crippen LogP contribution in [0.2, 0.25) is 0 Å². The summed E-state index contributed by atoms with van der Waals surface area (Å²) in [4.78, 5) is 26.1. The number of amides is 1. The zero-order chi connectivity index (χ0) is 24.2. The molecule has 2 aromatic carbocycles. The number of ether oxygens (including phenoxy) is 1. The van der Waals surface area contributed by atoms with Gasteiger partial charge in [0, 0.05) is 35.0 Å². The predicted octanol–water partition coefficient (Wildman–Crippen LogP) is 3.48. The lowest BCUT2D eigenvalue weighted by molar-refractivity contribution is -0.00314. The number of carbonyl (C=O) groups excluding carboxylic acids is 1. The highest BCUT2D eigenvalue weighted by Crippen LogP contribution is 2.27. The van der Waals surface area contributed by atoms with E-state index < -0.39 is 22.8 Å². The van der Waals surface area contributed by atoms with Crippen LogP contribution < -0.4 is 10.9 Å². The molecule has 0 radical (unpaired) electrons. The van der Waals surface area contributed by atoms with Crippen molar-refractivity contribution >= 4 is 17.7 Å². The van der Waals surface area contributed by atoms with Crippen LogP contribution in [-0.2, 0) is 10.5 Å². The van der Waals surface area contributed by atoms with Crippen LogP contribution in [0.25, 0.3) is 0 Å². The number of rotatable bonds is 3. The van der Waals surface area contributed by atoms with E-state index >= 15 is 0 Å². The summed E-state index contributed by atoms with van der Waals surface area (Å²) in [6, 6.07) is 13.4. The lowest BCUT2D eigenvalue weighted by atomic mass is 10.2. The maximum absolute atomic E-state index is 13.4. The van der Waals surface area contributed by atoms with E-state index in [0.29, 0.717) is 31.1 Å². The number of aromatic hydroxyl groups is 1. The number of hydrogen-bond donors (Lipinski definition) is 2. The average Bonchev–Trinajstić information content (AvgIpc) is 2.84. The number of hydrogen-bond acceptors (Lipinski definition) is 6. The van der Waals surface area contributed by atoms with Crippen molar-refractivity contribution in [2.75, 3.05) is 25.2 Å². The number of nitrogens with one attached hydrogen (secondary N) is 1. The molecule has 0 spiro atoms. The Morgan fingerprint density at radius 1 is 1.15 bits per heavy atom.